The Bertz CT molecular complexity index is 925. The van der Waals surface area contributed by atoms with E-state index in [1.165, 1.54) is 16.9 Å². The molecule has 0 bridgehead atoms. The Balaban J connectivity index is 1.80. The predicted molar refractivity (Wildman–Crippen MR) is 130 cm³/mol. The summed E-state index contributed by atoms with van der Waals surface area (Å²) in [6, 6.07) is 5.91. The lowest BCUT2D eigenvalue weighted by atomic mass is 9.96. The van der Waals surface area contributed by atoms with E-state index in [4.69, 9.17) is 16.4 Å². The fourth-order valence-corrected chi connectivity index (χ4v) is 3.51. The topological polar surface area (TPSA) is 126 Å². The maximum Gasteiger partial charge on any atom is 0.338 e. The van der Waals surface area contributed by atoms with E-state index in [1.54, 1.807) is 24.4 Å². The number of rotatable bonds is 13. The van der Waals surface area contributed by atoms with Crippen LogP contribution >= 0.6 is 0 Å². The van der Waals surface area contributed by atoms with Crippen LogP contribution in [-0.4, -0.2) is 54.3 Å². The van der Waals surface area contributed by atoms with E-state index >= 15 is 0 Å². The third-order valence-corrected chi connectivity index (χ3v) is 5.40. The van der Waals surface area contributed by atoms with Gasteiger partial charge in [-0.2, -0.15) is 5.10 Å². The van der Waals surface area contributed by atoms with Crippen molar-refractivity contribution in [1.82, 2.24) is 15.2 Å². The Morgan fingerprint density at radius 2 is 2.21 bits per heavy atom. The molecule has 178 valence electrons. The minimum atomic E-state index is -0.247. The summed E-state index contributed by atoms with van der Waals surface area (Å²) in [7, 11) is 0. The number of nitrogens with two attached hydrogens (primary N) is 2. The van der Waals surface area contributed by atoms with Crippen LogP contribution in [0.5, 0.6) is 0 Å². The molecular weight excluding hydrogens is 420 g/mol. The van der Waals surface area contributed by atoms with E-state index in [0.29, 0.717) is 18.7 Å². The first-order valence-electron chi connectivity index (χ1n) is 10.9. The maximum absolute atomic E-state index is 12.3. The number of fused-ring (bicyclic) bond motifs is 1. The highest BCUT2D eigenvalue weighted by molar-refractivity contribution is 5.93. The predicted octanol–water partition coefficient (Wildman–Crippen LogP) is 1.99. The molecule has 9 nitrogen and oxygen atoms in total. The molecule has 0 saturated carbocycles. The van der Waals surface area contributed by atoms with E-state index in [2.05, 4.69) is 41.8 Å². The van der Waals surface area contributed by atoms with Gasteiger partial charge in [-0.25, -0.2) is 10.6 Å². The van der Waals surface area contributed by atoms with Crippen molar-refractivity contribution in [1.29, 1.82) is 0 Å². The number of carbonyl (C=O) groups excluding carboxylic acids is 2. The number of nitrogens with zero attached hydrogens (tertiary/aromatic N) is 3. The fraction of sp³-hybridized carbons (Fsp3) is 0.375. The van der Waals surface area contributed by atoms with E-state index in [0.717, 1.165) is 30.8 Å². The van der Waals surface area contributed by atoms with Gasteiger partial charge in [0.05, 0.1) is 12.0 Å². The number of hydrazine groups is 1. The molecule has 0 saturated heterocycles. The van der Waals surface area contributed by atoms with Crippen LogP contribution in [0.4, 0.5) is 0 Å². The van der Waals surface area contributed by atoms with Crippen molar-refractivity contribution >= 4 is 18.2 Å². The SMILES string of the molecule is C=C/C(=C\C=C\N(N)/C=N\N)CC(=O)NCCN(CC)CC(C)c1ccc2c(c1)COC2=O. The minimum Gasteiger partial charge on any atom is -0.457 e. The molecule has 1 unspecified atom stereocenters. The number of hydrogen-bond acceptors (Lipinski definition) is 7. The zero-order valence-electron chi connectivity index (χ0n) is 19.4. The fourth-order valence-electron chi connectivity index (χ4n) is 3.51. The van der Waals surface area contributed by atoms with Gasteiger partial charge in [-0.05, 0) is 35.7 Å². The van der Waals surface area contributed by atoms with Crippen LogP contribution in [0.3, 0.4) is 0 Å². The van der Waals surface area contributed by atoms with E-state index in [-0.39, 0.29) is 24.2 Å². The number of amides is 1. The number of esters is 1. The van der Waals surface area contributed by atoms with Crippen molar-refractivity contribution in [3.8, 4) is 0 Å². The highest BCUT2D eigenvalue weighted by atomic mass is 16.5. The van der Waals surface area contributed by atoms with Gasteiger partial charge in [-0.3, -0.25) is 9.80 Å². The highest BCUT2D eigenvalue weighted by Gasteiger charge is 2.22. The van der Waals surface area contributed by atoms with Crippen molar-refractivity contribution in [3.05, 3.63) is 71.5 Å². The van der Waals surface area contributed by atoms with Crippen LogP contribution in [0.2, 0.25) is 0 Å². The number of ether oxygens (including phenoxy) is 1. The zero-order chi connectivity index (χ0) is 24.2. The lowest BCUT2D eigenvalue weighted by Crippen LogP contribution is -2.36. The molecule has 0 aromatic heterocycles. The molecular formula is C24H34N6O3. The zero-order valence-corrected chi connectivity index (χ0v) is 19.4. The van der Waals surface area contributed by atoms with Crippen molar-refractivity contribution < 1.29 is 14.3 Å². The lowest BCUT2D eigenvalue weighted by Gasteiger charge is -2.25. The third kappa shape index (κ3) is 8.21. The maximum atomic E-state index is 12.3. The number of hydrogen-bond donors (Lipinski definition) is 3. The summed E-state index contributed by atoms with van der Waals surface area (Å²) >= 11 is 0. The van der Waals surface area contributed by atoms with Gasteiger partial charge in [0.25, 0.3) is 0 Å². The summed E-state index contributed by atoms with van der Waals surface area (Å²) in [6.45, 7) is 11.4. The molecule has 1 aliphatic rings. The summed E-state index contributed by atoms with van der Waals surface area (Å²) in [6.07, 6.45) is 8.12. The van der Waals surface area contributed by atoms with Crippen molar-refractivity contribution in [2.45, 2.75) is 32.8 Å². The Kier molecular flexibility index (Phi) is 10.3. The molecule has 2 rings (SSSR count). The van der Waals surface area contributed by atoms with Crippen molar-refractivity contribution in [2.24, 2.45) is 16.8 Å². The number of hydrazone groups is 1. The summed E-state index contributed by atoms with van der Waals surface area (Å²) < 4.78 is 5.09. The second-order valence-corrected chi connectivity index (χ2v) is 7.81. The average Bonchev–Trinajstić information content (AvgIpc) is 3.17. The molecule has 0 radical (unpaired) electrons. The standard InChI is InChI=1S/C24H34N6O3/c1-4-19(7-6-11-30(26)17-28-25)13-23(31)27-10-12-29(5-2)15-18(3)20-8-9-22-21(14-20)16-33-24(22)32/h4,6-9,11,14,17-18H,1,5,10,12-13,15-16,25-26H2,2-3H3,(H,27,31)/b11-6+,19-7+,28-17-. The minimum absolute atomic E-state index is 0.0740. The summed E-state index contributed by atoms with van der Waals surface area (Å²) in [5.74, 6) is 10.6. The van der Waals surface area contributed by atoms with Gasteiger partial charge in [0.1, 0.15) is 12.9 Å². The molecule has 0 spiro atoms. The van der Waals surface area contributed by atoms with Crippen LogP contribution in [-0.2, 0) is 16.1 Å². The van der Waals surface area contributed by atoms with E-state index in [9.17, 15) is 9.59 Å². The van der Waals surface area contributed by atoms with Crippen LogP contribution in [0.15, 0.2) is 59.9 Å². The molecule has 0 fully saturated rings. The Hall–Kier alpha value is -3.43. The number of benzene rings is 1. The molecule has 1 heterocycles. The van der Waals surface area contributed by atoms with Crippen LogP contribution in [0.25, 0.3) is 0 Å². The normalized spacial score (nSPS) is 14.5. The molecule has 5 N–H and O–H groups in total. The lowest BCUT2D eigenvalue weighted by molar-refractivity contribution is -0.120. The summed E-state index contributed by atoms with van der Waals surface area (Å²) in [5.41, 5.74) is 3.56. The number of carbonyl (C=O) groups is 2. The third-order valence-electron chi connectivity index (χ3n) is 5.40. The molecule has 1 aromatic rings. The van der Waals surface area contributed by atoms with Gasteiger partial charge in [-0.1, -0.05) is 44.7 Å². The Labute approximate surface area is 195 Å². The second kappa shape index (κ2) is 13.2. The molecule has 1 atom stereocenters. The number of allylic oxidation sites excluding steroid dienone is 3. The number of nitrogens with one attached hydrogen (secondary N) is 1. The van der Waals surface area contributed by atoms with Gasteiger partial charge >= 0.3 is 5.97 Å². The van der Waals surface area contributed by atoms with Gasteiger partial charge in [0.15, 0.2) is 0 Å². The van der Waals surface area contributed by atoms with Gasteiger partial charge in [-0.15, -0.1) is 0 Å². The van der Waals surface area contributed by atoms with Gasteiger partial charge in [0, 0.05) is 31.4 Å². The van der Waals surface area contributed by atoms with E-state index < -0.39 is 0 Å². The largest absolute Gasteiger partial charge is 0.457 e. The Morgan fingerprint density at radius 3 is 2.91 bits per heavy atom. The van der Waals surface area contributed by atoms with E-state index in [1.807, 2.05) is 12.1 Å². The molecule has 33 heavy (non-hydrogen) atoms. The highest BCUT2D eigenvalue weighted by Crippen LogP contribution is 2.25. The molecule has 1 amide bonds. The second-order valence-electron chi connectivity index (χ2n) is 7.81. The first-order valence-corrected chi connectivity index (χ1v) is 10.9. The van der Waals surface area contributed by atoms with Crippen molar-refractivity contribution in [3.63, 3.8) is 0 Å². The quantitative estimate of drug-likeness (QED) is 0.104. The Morgan fingerprint density at radius 1 is 1.42 bits per heavy atom. The monoisotopic (exact) mass is 454 g/mol. The number of likely N-dealkylation sites (N-methyl/N-ethyl adjacent to an activating group) is 1. The molecule has 9 heteroatoms. The molecule has 1 aliphatic heterocycles. The number of cyclic esters (lactones) is 1. The van der Waals surface area contributed by atoms with Gasteiger partial charge in [0.2, 0.25) is 5.91 Å². The summed E-state index contributed by atoms with van der Waals surface area (Å²) in [5, 5.41) is 7.47. The average molecular weight is 455 g/mol. The first-order chi connectivity index (χ1) is 15.9. The molecule has 1 aromatic carbocycles. The van der Waals surface area contributed by atoms with Gasteiger partial charge < -0.3 is 20.8 Å². The molecule has 0 aliphatic carbocycles. The van der Waals surface area contributed by atoms with Crippen molar-refractivity contribution in [2.75, 3.05) is 26.2 Å². The van der Waals surface area contributed by atoms with Crippen LogP contribution in [0.1, 0.15) is 47.7 Å². The smallest absolute Gasteiger partial charge is 0.338 e. The van der Waals surface area contributed by atoms with Crippen LogP contribution in [0, 0.1) is 0 Å². The summed E-state index contributed by atoms with van der Waals surface area (Å²) in [4.78, 5) is 26.2. The van der Waals surface area contributed by atoms with Crippen LogP contribution < -0.4 is 17.0 Å². The first kappa shape index (κ1) is 25.8.